The van der Waals surface area contributed by atoms with E-state index in [0.29, 0.717) is 6.04 Å². The van der Waals surface area contributed by atoms with E-state index in [1.54, 1.807) is 0 Å². The summed E-state index contributed by atoms with van der Waals surface area (Å²) in [4.78, 5) is 8.54. The molecule has 1 aliphatic rings. The van der Waals surface area contributed by atoms with Crippen molar-refractivity contribution in [1.82, 2.24) is 15.2 Å². The molecular weight excluding hydrogens is 278 g/mol. The lowest BCUT2D eigenvalue weighted by atomic mass is 10.2. The van der Waals surface area contributed by atoms with Gasteiger partial charge in [0, 0.05) is 30.1 Å². The van der Waals surface area contributed by atoms with Gasteiger partial charge in [-0.1, -0.05) is 12.1 Å². The largest absolute Gasteiger partial charge is 0.308 e. The van der Waals surface area contributed by atoms with E-state index in [-0.39, 0.29) is 0 Å². The van der Waals surface area contributed by atoms with Crippen LogP contribution in [0.1, 0.15) is 42.1 Å². The Kier molecular flexibility index (Phi) is 4.68. The van der Waals surface area contributed by atoms with Crippen LogP contribution in [0.25, 0.3) is 0 Å². The van der Waals surface area contributed by atoms with Crippen LogP contribution < -0.4 is 5.32 Å². The topological polar surface area (TPSA) is 28.2 Å². The van der Waals surface area contributed by atoms with Crippen LogP contribution in [0, 0.1) is 0 Å². The van der Waals surface area contributed by atoms with Gasteiger partial charge in [0.1, 0.15) is 0 Å². The van der Waals surface area contributed by atoms with E-state index in [0.717, 1.165) is 30.5 Å². The Morgan fingerprint density at radius 3 is 2.81 bits per heavy atom. The average Bonchev–Trinajstić information content (AvgIpc) is 3.16. The average molecular weight is 301 g/mol. The van der Waals surface area contributed by atoms with Crippen LogP contribution in [-0.2, 0) is 13.1 Å². The Balaban J connectivity index is 1.59. The Morgan fingerprint density at radius 2 is 2.10 bits per heavy atom. The third-order valence-corrected chi connectivity index (χ3v) is 5.08. The van der Waals surface area contributed by atoms with Gasteiger partial charge in [0.2, 0.25) is 0 Å². The highest BCUT2D eigenvalue weighted by atomic mass is 32.1. The SMILES string of the molecule is CC(c1cccs1)N(C)Cc1cccc(CNC2CC2)n1. The summed E-state index contributed by atoms with van der Waals surface area (Å²) >= 11 is 1.82. The van der Waals surface area contributed by atoms with E-state index in [4.69, 9.17) is 4.98 Å². The molecule has 2 heterocycles. The van der Waals surface area contributed by atoms with Gasteiger partial charge < -0.3 is 5.32 Å². The van der Waals surface area contributed by atoms with Crippen LogP contribution in [0.5, 0.6) is 0 Å². The highest BCUT2D eigenvalue weighted by Gasteiger charge is 2.20. The molecule has 0 spiro atoms. The Morgan fingerprint density at radius 1 is 1.29 bits per heavy atom. The van der Waals surface area contributed by atoms with Crippen LogP contribution in [0.4, 0.5) is 0 Å². The summed E-state index contributed by atoms with van der Waals surface area (Å²) in [5, 5.41) is 5.67. The minimum absolute atomic E-state index is 0.431. The zero-order valence-electron chi connectivity index (χ0n) is 12.7. The lowest BCUT2D eigenvalue weighted by Gasteiger charge is -2.23. The molecule has 21 heavy (non-hydrogen) atoms. The molecule has 0 saturated heterocycles. The lowest BCUT2D eigenvalue weighted by molar-refractivity contribution is 0.253. The van der Waals surface area contributed by atoms with E-state index in [2.05, 4.69) is 59.9 Å². The number of pyridine rings is 1. The fraction of sp³-hybridized carbons (Fsp3) is 0.471. The predicted molar refractivity (Wildman–Crippen MR) is 88.3 cm³/mol. The first-order valence-corrected chi connectivity index (χ1v) is 8.52. The number of hydrogen-bond acceptors (Lipinski definition) is 4. The van der Waals surface area contributed by atoms with Gasteiger partial charge in [0.15, 0.2) is 0 Å². The standard InChI is InChI=1S/C17H23N3S/c1-13(17-7-4-10-21-17)20(2)12-16-6-3-5-15(19-16)11-18-14-8-9-14/h3-7,10,13-14,18H,8-9,11-12H2,1-2H3. The number of hydrogen-bond donors (Lipinski definition) is 1. The number of rotatable bonds is 7. The maximum absolute atomic E-state index is 4.78. The molecule has 1 unspecified atom stereocenters. The molecule has 1 aliphatic carbocycles. The molecule has 1 fully saturated rings. The van der Waals surface area contributed by atoms with Crippen molar-refractivity contribution in [2.24, 2.45) is 0 Å². The molecule has 2 aromatic heterocycles. The van der Waals surface area contributed by atoms with Crippen molar-refractivity contribution < 1.29 is 0 Å². The van der Waals surface area contributed by atoms with E-state index in [1.165, 1.54) is 17.7 Å². The normalized spacial score (nSPS) is 16.3. The second-order valence-corrected chi connectivity index (χ2v) is 6.86. The third kappa shape index (κ3) is 4.13. The summed E-state index contributed by atoms with van der Waals surface area (Å²) in [5.74, 6) is 0. The highest BCUT2D eigenvalue weighted by Crippen LogP contribution is 2.24. The molecule has 0 amide bonds. The minimum Gasteiger partial charge on any atom is -0.308 e. The van der Waals surface area contributed by atoms with Gasteiger partial charge in [-0.25, -0.2) is 0 Å². The van der Waals surface area contributed by atoms with Gasteiger partial charge in [0.05, 0.1) is 11.4 Å². The van der Waals surface area contributed by atoms with Crippen molar-refractivity contribution >= 4 is 11.3 Å². The third-order valence-electron chi connectivity index (χ3n) is 4.04. The van der Waals surface area contributed by atoms with Gasteiger partial charge in [-0.2, -0.15) is 0 Å². The van der Waals surface area contributed by atoms with Crippen molar-refractivity contribution in [3.63, 3.8) is 0 Å². The predicted octanol–water partition coefficient (Wildman–Crippen LogP) is 3.59. The molecule has 0 bridgehead atoms. The summed E-state index contributed by atoms with van der Waals surface area (Å²) in [6.07, 6.45) is 2.64. The molecule has 0 aromatic carbocycles. The van der Waals surface area contributed by atoms with Crippen LogP contribution in [0.3, 0.4) is 0 Å². The quantitative estimate of drug-likeness (QED) is 0.847. The molecule has 3 rings (SSSR count). The molecule has 0 aliphatic heterocycles. The summed E-state index contributed by atoms with van der Waals surface area (Å²) < 4.78 is 0. The zero-order chi connectivity index (χ0) is 14.7. The first-order valence-electron chi connectivity index (χ1n) is 7.64. The number of nitrogens with one attached hydrogen (secondary N) is 1. The van der Waals surface area contributed by atoms with Crippen molar-refractivity contribution in [1.29, 1.82) is 0 Å². The Bertz CT molecular complexity index is 563. The molecule has 1 N–H and O–H groups in total. The van der Waals surface area contributed by atoms with Crippen LogP contribution in [0.2, 0.25) is 0 Å². The molecule has 4 heteroatoms. The molecule has 0 radical (unpaired) electrons. The Labute approximate surface area is 131 Å². The van der Waals surface area contributed by atoms with Gasteiger partial charge in [-0.05, 0) is 50.4 Å². The minimum atomic E-state index is 0.431. The lowest BCUT2D eigenvalue weighted by Crippen LogP contribution is -2.22. The number of aromatic nitrogens is 1. The molecule has 3 nitrogen and oxygen atoms in total. The fourth-order valence-corrected chi connectivity index (χ4v) is 3.24. The molecular formula is C17H23N3S. The summed E-state index contributed by atoms with van der Waals surface area (Å²) in [6, 6.07) is 11.8. The summed E-state index contributed by atoms with van der Waals surface area (Å²) in [5.41, 5.74) is 2.30. The first kappa shape index (κ1) is 14.7. The highest BCUT2D eigenvalue weighted by molar-refractivity contribution is 7.10. The van der Waals surface area contributed by atoms with Gasteiger partial charge >= 0.3 is 0 Å². The van der Waals surface area contributed by atoms with Crippen molar-refractivity contribution in [2.75, 3.05) is 7.05 Å². The van der Waals surface area contributed by atoms with Gasteiger partial charge in [-0.15, -0.1) is 11.3 Å². The van der Waals surface area contributed by atoms with Gasteiger partial charge in [-0.3, -0.25) is 9.88 Å². The zero-order valence-corrected chi connectivity index (χ0v) is 13.6. The first-order chi connectivity index (χ1) is 10.2. The Hall–Kier alpha value is -1.23. The summed E-state index contributed by atoms with van der Waals surface area (Å²) in [7, 11) is 2.17. The maximum Gasteiger partial charge on any atom is 0.0547 e. The van der Waals surface area contributed by atoms with Gasteiger partial charge in [0.25, 0.3) is 0 Å². The van der Waals surface area contributed by atoms with Crippen LogP contribution in [0.15, 0.2) is 35.7 Å². The smallest absolute Gasteiger partial charge is 0.0547 e. The molecule has 2 aromatic rings. The van der Waals surface area contributed by atoms with E-state index >= 15 is 0 Å². The van der Waals surface area contributed by atoms with E-state index < -0.39 is 0 Å². The second-order valence-electron chi connectivity index (χ2n) is 5.88. The van der Waals surface area contributed by atoms with Crippen LogP contribution >= 0.6 is 11.3 Å². The monoisotopic (exact) mass is 301 g/mol. The molecule has 112 valence electrons. The molecule has 1 atom stereocenters. The van der Waals surface area contributed by atoms with E-state index in [9.17, 15) is 0 Å². The molecule has 1 saturated carbocycles. The maximum atomic E-state index is 4.78. The second kappa shape index (κ2) is 6.69. The summed E-state index contributed by atoms with van der Waals surface area (Å²) in [6.45, 7) is 4.03. The fourth-order valence-electron chi connectivity index (χ4n) is 2.39. The van der Waals surface area contributed by atoms with Crippen molar-refractivity contribution in [3.8, 4) is 0 Å². The number of nitrogens with zero attached hydrogens (tertiary/aromatic N) is 2. The van der Waals surface area contributed by atoms with Crippen LogP contribution in [-0.4, -0.2) is 23.0 Å². The number of thiophene rings is 1. The van der Waals surface area contributed by atoms with Crippen molar-refractivity contribution in [2.45, 2.75) is 44.9 Å². The van der Waals surface area contributed by atoms with E-state index in [1.807, 2.05) is 11.3 Å². The van der Waals surface area contributed by atoms with Crippen molar-refractivity contribution in [3.05, 3.63) is 52.0 Å².